The molecule has 1 rings (SSSR count). The molecule has 0 radical (unpaired) electrons. The van der Waals surface area contributed by atoms with Gasteiger partial charge < -0.3 is 5.32 Å². The molecule has 0 aromatic carbocycles. The molecule has 0 saturated heterocycles. The molecule has 0 bridgehead atoms. The van der Waals surface area contributed by atoms with Crippen LogP contribution in [-0.4, -0.2) is 33.8 Å². The second-order valence-corrected chi connectivity index (χ2v) is 7.02. The summed E-state index contributed by atoms with van der Waals surface area (Å²) in [5.74, 6) is 1.55. The van der Waals surface area contributed by atoms with Crippen LogP contribution in [0.1, 0.15) is 39.5 Å². The van der Waals surface area contributed by atoms with Crippen molar-refractivity contribution in [1.29, 1.82) is 0 Å². The van der Waals surface area contributed by atoms with Gasteiger partial charge in [0.15, 0.2) is 0 Å². The molecule has 2 atom stereocenters. The third-order valence-corrected chi connectivity index (χ3v) is 4.72. The molecule has 1 fully saturated rings. The van der Waals surface area contributed by atoms with Gasteiger partial charge in [0, 0.05) is 6.54 Å². The van der Waals surface area contributed by atoms with Crippen LogP contribution in [0.2, 0.25) is 0 Å². The van der Waals surface area contributed by atoms with Gasteiger partial charge >= 0.3 is 0 Å². The minimum atomic E-state index is -3.03. The number of hydrogen-bond donors (Lipinski definition) is 2. The van der Waals surface area contributed by atoms with E-state index in [4.69, 9.17) is 0 Å². The summed E-state index contributed by atoms with van der Waals surface area (Å²) in [6, 6.07) is 0. The maximum atomic E-state index is 11.6. The third-order valence-electron chi connectivity index (χ3n) is 3.28. The van der Waals surface area contributed by atoms with Crippen molar-refractivity contribution in [1.82, 2.24) is 10.0 Å². The zero-order valence-electron chi connectivity index (χ0n) is 11.0. The van der Waals surface area contributed by atoms with Crippen LogP contribution in [0, 0.1) is 11.8 Å². The third kappa shape index (κ3) is 7.01. The predicted molar refractivity (Wildman–Crippen MR) is 71.5 cm³/mol. The van der Waals surface area contributed by atoms with E-state index in [-0.39, 0.29) is 5.75 Å². The Bertz CT molecular complexity index is 304. The zero-order chi connectivity index (χ0) is 12.7. The summed E-state index contributed by atoms with van der Waals surface area (Å²) in [6.07, 6.45) is 3.97. The fourth-order valence-electron chi connectivity index (χ4n) is 1.83. The summed E-state index contributed by atoms with van der Waals surface area (Å²) in [5.41, 5.74) is 0. The Labute approximate surface area is 106 Å². The molecule has 0 spiro atoms. The highest BCUT2D eigenvalue weighted by Crippen LogP contribution is 2.36. The molecule has 2 N–H and O–H groups in total. The number of hydrogen-bond acceptors (Lipinski definition) is 3. The summed E-state index contributed by atoms with van der Waals surface area (Å²) in [6.45, 7) is 6.86. The highest BCUT2D eigenvalue weighted by Gasteiger charge is 2.32. The molecule has 1 aliphatic rings. The van der Waals surface area contributed by atoms with Gasteiger partial charge in [0.05, 0.1) is 5.75 Å². The maximum absolute atomic E-state index is 11.6. The van der Waals surface area contributed by atoms with Crippen molar-refractivity contribution in [3.8, 4) is 0 Å². The van der Waals surface area contributed by atoms with Gasteiger partial charge in [-0.2, -0.15) is 0 Å². The van der Waals surface area contributed by atoms with Gasteiger partial charge in [0.2, 0.25) is 10.0 Å². The number of sulfonamides is 1. The van der Waals surface area contributed by atoms with Crippen molar-refractivity contribution in [2.45, 2.75) is 39.5 Å². The van der Waals surface area contributed by atoms with Crippen LogP contribution in [0.5, 0.6) is 0 Å². The summed E-state index contributed by atoms with van der Waals surface area (Å²) >= 11 is 0. The lowest BCUT2D eigenvalue weighted by Crippen LogP contribution is -2.29. The fraction of sp³-hybridized carbons (Fsp3) is 1.00. The Morgan fingerprint density at radius 3 is 2.53 bits per heavy atom. The van der Waals surface area contributed by atoms with Crippen molar-refractivity contribution >= 4 is 10.0 Å². The van der Waals surface area contributed by atoms with Crippen molar-refractivity contribution < 1.29 is 8.42 Å². The van der Waals surface area contributed by atoms with E-state index in [0.717, 1.165) is 32.4 Å². The standard InChI is InChI=1S/C12H26N2O2S/c1-3-6-13-7-4-5-8-17(15,16)14-10-12-9-11(12)2/h11-14H,3-10H2,1-2H3. The predicted octanol–water partition coefficient (Wildman–Crippen LogP) is 1.34. The molecule has 2 unspecified atom stereocenters. The lowest BCUT2D eigenvalue weighted by atomic mass is 10.3. The first kappa shape index (κ1) is 14.9. The molecule has 17 heavy (non-hydrogen) atoms. The average Bonchev–Trinajstić information content (AvgIpc) is 2.97. The minimum Gasteiger partial charge on any atom is -0.317 e. The topological polar surface area (TPSA) is 58.2 Å². The lowest BCUT2D eigenvalue weighted by Gasteiger charge is -2.06. The molecular formula is C12H26N2O2S. The van der Waals surface area contributed by atoms with E-state index in [1.165, 1.54) is 6.42 Å². The van der Waals surface area contributed by atoms with E-state index < -0.39 is 10.0 Å². The largest absolute Gasteiger partial charge is 0.317 e. The van der Waals surface area contributed by atoms with Crippen LogP contribution >= 0.6 is 0 Å². The van der Waals surface area contributed by atoms with Crippen LogP contribution in [0.3, 0.4) is 0 Å². The Balaban J connectivity index is 2.00. The van der Waals surface area contributed by atoms with Gasteiger partial charge in [-0.1, -0.05) is 13.8 Å². The van der Waals surface area contributed by atoms with E-state index in [1.807, 2.05) is 0 Å². The molecule has 0 amide bonds. The van der Waals surface area contributed by atoms with Crippen molar-refractivity contribution in [2.75, 3.05) is 25.4 Å². The fourth-order valence-corrected chi connectivity index (χ4v) is 3.03. The SMILES string of the molecule is CCCNCCCCS(=O)(=O)NCC1CC1C. The minimum absolute atomic E-state index is 0.266. The Hall–Kier alpha value is -0.130. The van der Waals surface area contributed by atoms with Crippen LogP contribution in [0.25, 0.3) is 0 Å². The molecular weight excluding hydrogens is 236 g/mol. The van der Waals surface area contributed by atoms with Crippen molar-refractivity contribution in [3.05, 3.63) is 0 Å². The first-order chi connectivity index (χ1) is 8.05. The maximum Gasteiger partial charge on any atom is 0.211 e. The number of rotatable bonds is 10. The molecule has 4 nitrogen and oxygen atoms in total. The molecule has 0 aromatic heterocycles. The van der Waals surface area contributed by atoms with Gasteiger partial charge in [-0.15, -0.1) is 0 Å². The molecule has 102 valence electrons. The van der Waals surface area contributed by atoms with E-state index in [2.05, 4.69) is 23.9 Å². The molecule has 1 saturated carbocycles. The number of unbranched alkanes of at least 4 members (excludes halogenated alkanes) is 1. The van der Waals surface area contributed by atoms with Gasteiger partial charge in [0.25, 0.3) is 0 Å². The number of nitrogens with one attached hydrogen (secondary N) is 2. The Kier molecular flexibility index (Phi) is 6.44. The van der Waals surface area contributed by atoms with Crippen LogP contribution in [-0.2, 0) is 10.0 Å². The quantitative estimate of drug-likeness (QED) is 0.584. The summed E-state index contributed by atoms with van der Waals surface area (Å²) in [7, 11) is -3.03. The summed E-state index contributed by atoms with van der Waals surface area (Å²) in [4.78, 5) is 0. The first-order valence-corrected chi connectivity index (χ1v) is 8.38. The van der Waals surface area contributed by atoms with Gasteiger partial charge in [-0.3, -0.25) is 0 Å². The average molecular weight is 262 g/mol. The van der Waals surface area contributed by atoms with Gasteiger partial charge in [0.1, 0.15) is 0 Å². The van der Waals surface area contributed by atoms with Crippen LogP contribution in [0.4, 0.5) is 0 Å². The highest BCUT2D eigenvalue weighted by molar-refractivity contribution is 7.89. The summed E-state index contributed by atoms with van der Waals surface area (Å²) in [5, 5.41) is 3.27. The summed E-state index contributed by atoms with van der Waals surface area (Å²) < 4.78 is 26.0. The molecule has 0 heterocycles. The van der Waals surface area contributed by atoms with Crippen molar-refractivity contribution in [3.63, 3.8) is 0 Å². The van der Waals surface area contributed by atoms with E-state index >= 15 is 0 Å². The lowest BCUT2D eigenvalue weighted by molar-refractivity contribution is 0.567. The van der Waals surface area contributed by atoms with E-state index in [1.54, 1.807) is 0 Å². The monoisotopic (exact) mass is 262 g/mol. The highest BCUT2D eigenvalue weighted by atomic mass is 32.2. The van der Waals surface area contributed by atoms with Gasteiger partial charge in [-0.05, 0) is 50.6 Å². The smallest absolute Gasteiger partial charge is 0.211 e. The Morgan fingerprint density at radius 1 is 1.24 bits per heavy atom. The molecule has 5 heteroatoms. The van der Waals surface area contributed by atoms with Crippen LogP contribution in [0.15, 0.2) is 0 Å². The second kappa shape index (κ2) is 7.34. The first-order valence-electron chi connectivity index (χ1n) is 6.73. The van der Waals surface area contributed by atoms with Crippen molar-refractivity contribution in [2.24, 2.45) is 11.8 Å². The van der Waals surface area contributed by atoms with E-state index in [9.17, 15) is 8.42 Å². The zero-order valence-corrected chi connectivity index (χ0v) is 11.9. The Morgan fingerprint density at radius 2 is 1.94 bits per heavy atom. The molecule has 0 aliphatic heterocycles. The van der Waals surface area contributed by atoms with Gasteiger partial charge in [-0.25, -0.2) is 13.1 Å². The van der Waals surface area contributed by atoms with E-state index in [0.29, 0.717) is 18.4 Å². The molecule has 1 aliphatic carbocycles. The van der Waals surface area contributed by atoms with Crippen LogP contribution < -0.4 is 10.0 Å². The normalized spacial score (nSPS) is 23.9. The second-order valence-electron chi connectivity index (χ2n) is 5.10. The molecule has 0 aromatic rings.